The van der Waals surface area contributed by atoms with Gasteiger partial charge in [0, 0.05) is 16.8 Å². The molecule has 0 saturated carbocycles. The maximum atomic E-state index is 13.1. The summed E-state index contributed by atoms with van der Waals surface area (Å²) in [7, 11) is 0. The number of rotatable bonds is 3. The number of urea groups is 1. The number of anilines is 1. The molecule has 2 aromatic carbocycles. The first-order valence-corrected chi connectivity index (χ1v) is 8.55. The Bertz CT molecular complexity index is 1170. The Labute approximate surface area is 160 Å². The normalized spacial score (nSPS) is 16.3. The summed E-state index contributed by atoms with van der Waals surface area (Å²) in [5, 5.41) is 16.0. The van der Waals surface area contributed by atoms with Gasteiger partial charge < -0.3 is 16.0 Å². The van der Waals surface area contributed by atoms with Crippen LogP contribution in [0.25, 0.3) is 15.7 Å². The first kappa shape index (κ1) is 17.3. The van der Waals surface area contributed by atoms with Gasteiger partial charge in [-0.05, 0) is 30.7 Å². The molecule has 3 aromatic rings. The number of aromatic nitrogens is 2. The lowest BCUT2D eigenvalue weighted by Crippen LogP contribution is -2.45. The van der Waals surface area contributed by atoms with Gasteiger partial charge in [-0.1, -0.05) is 24.3 Å². The zero-order valence-electron chi connectivity index (χ0n) is 14.9. The molecule has 2 heterocycles. The van der Waals surface area contributed by atoms with Gasteiger partial charge >= 0.3 is 6.03 Å². The highest BCUT2D eigenvalue weighted by atomic mass is 16.2. The minimum atomic E-state index is -0.659. The molecule has 8 heteroatoms. The fourth-order valence-electron chi connectivity index (χ4n) is 3.24. The molecule has 0 radical (unpaired) electrons. The van der Waals surface area contributed by atoms with Gasteiger partial charge in [-0.3, -0.25) is 9.89 Å². The second-order valence-corrected chi connectivity index (χ2v) is 6.40. The summed E-state index contributed by atoms with van der Waals surface area (Å²) < 4.78 is 0. The molecule has 1 aliphatic heterocycles. The number of allylic oxidation sites excluding steroid dienone is 1. The van der Waals surface area contributed by atoms with E-state index in [9.17, 15) is 9.59 Å². The van der Waals surface area contributed by atoms with E-state index in [1.165, 1.54) is 0 Å². The number of H-pyrrole nitrogens is 1. The maximum absolute atomic E-state index is 13.1. The molecular weight excluding hydrogens is 356 g/mol. The van der Waals surface area contributed by atoms with Gasteiger partial charge in [0.05, 0.1) is 29.9 Å². The van der Waals surface area contributed by atoms with Crippen LogP contribution in [-0.4, -0.2) is 22.1 Å². The van der Waals surface area contributed by atoms with Gasteiger partial charge in [-0.25, -0.2) is 9.64 Å². The number of aromatic amines is 1. The van der Waals surface area contributed by atoms with E-state index in [1.54, 1.807) is 43.5 Å². The summed E-state index contributed by atoms with van der Waals surface area (Å²) in [6.07, 6.45) is 1.68. The van der Waals surface area contributed by atoms with Crippen LogP contribution in [-0.2, 0) is 4.79 Å². The average Bonchev–Trinajstić information content (AvgIpc) is 3.15. The van der Waals surface area contributed by atoms with E-state index in [-0.39, 0.29) is 5.91 Å². The Balaban J connectivity index is 1.68. The predicted octanol–water partition coefficient (Wildman–Crippen LogP) is 3.38. The lowest BCUT2D eigenvalue weighted by molar-refractivity contribution is -0.113. The highest BCUT2D eigenvalue weighted by molar-refractivity contribution is 6.07. The number of fused-ring (bicyclic) bond motifs is 1. The molecular formula is C20H16N6O2. The molecule has 1 aliphatic rings. The molecule has 1 unspecified atom stereocenters. The van der Waals surface area contributed by atoms with Crippen LogP contribution in [0.3, 0.4) is 0 Å². The summed E-state index contributed by atoms with van der Waals surface area (Å²) in [5.74, 6) is -0.342. The number of carbonyl (C=O) groups is 2. The summed E-state index contributed by atoms with van der Waals surface area (Å²) in [6.45, 7) is 8.88. The number of benzene rings is 2. The molecule has 4 N–H and O–H groups in total. The van der Waals surface area contributed by atoms with Crippen molar-refractivity contribution in [2.45, 2.75) is 13.0 Å². The standard InChI is InChI=1S/C20H16N6O2/c1-11-17(19(27)24-15-6-7-16-13(9-15)10-22-26-16)18(25-20(28)23-11)12-4-3-5-14(8-12)21-2/h3-10,18H,1H3,(H,22,26)(H,24,27)(H2,23,25,28). The largest absolute Gasteiger partial charge is 0.327 e. The molecule has 138 valence electrons. The second-order valence-electron chi connectivity index (χ2n) is 6.40. The smallest absolute Gasteiger partial charge is 0.319 e. The molecule has 0 saturated heterocycles. The molecule has 0 aliphatic carbocycles. The van der Waals surface area contributed by atoms with E-state index >= 15 is 0 Å². The monoisotopic (exact) mass is 372 g/mol. The highest BCUT2D eigenvalue weighted by Crippen LogP contribution is 2.30. The van der Waals surface area contributed by atoms with Crippen LogP contribution in [0.2, 0.25) is 0 Å². The molecule has 1 atom stereocenters. The number of carbonyl (C=O) groups excluding carboxylic acids is 2. The van der Waals surface area contributed by atoms with Crippen molar-refractivity contribution in [3.05, 3.63) is 76.9 Å². The Morgan fingerprint density at radius 1 is 1.25 bits per heavy atom. The summed E-state index contributed by atoms with van der Waals surface area (Å²) in [4.78, 5) is 28.5. The van der Waals surface area contributed by atoms with Crippen molar-refractivity contribution in [3.8, 4) is 0 Å². The fourth-order valence-corrected chi connectivity index (χ4v) is 3.24. The third-order valence-corrected chi connectivity index (χ3v) is 4.54. The minimum absolute atomic E-state index is 0.342. The van der Waals surface area contributed by atoms with Gasteiger partial charge in [0.1, 0.15) is 0 Å². The first-order chi connectivity index (χ1) is 13.5. The van der Waals surface area contributed by atoms with Gasteiger partial charge in [-0.15, -0.1) is 0 Å². The van der Waals surface area contributed by atoms with E-state index in [2.05, 4.69) is 31.0 Å². The zero-order valence-corrected chi connectivity index (χ0v) is 14.9. The van der Waals surface area contributed by atoms with Crippen LogP contribution < -0.4 is 16.0 Å². The number of nitrogens with zero attached hydrogens (tertiary/aromatic N) is 2. The van der Waals surface area contributed by atoms with Crippen molar-refractivity contribution >= 4 is 34.2 Å². The Morgan fingerprint density at radius 3 is 2.93 bits per heavy atom. The lowest BCUT2D eigenvalue weighted by atomic mass is 9.94. The van der Waals surface area contributed by atoms with Gasteiger partial charge in [0.2, 0.25) is 0 Å². The Hall–Kier alpha value is -4.12. The molecule has 0 fully saturated rings. The van der Waals surface area contributed by atoms with Crippen molar-refractivity contribution in [3.63, 3.8) is 0 Å². The number of hydrogen-bond acceptors (Lipinski definition) is 3. The SMILES string of the molecule is [C-]#[N+]c1cccc(C2NC(=O)NC(C)=C2C(=O)Nc2ccc3[nH]ncc3c2)c1. The molecule has 8 nitrogen and oxygen atoms in total. The predicted molar refractivity (Wildman–Crippen MR) is 105 cm³/mol. The summed E-state index contributed by atoms with van der Waals surface area (Å²) >= 11 is 0. The highest BCUT2D eigenvalue weighted by Gasteiger charge is 2.31. The van der Waals surface area contributed by atoms with Crippen LogP contribution in [0.1, 0.15) is 18.5 Å². The third kappa shape index (κ3) is 3.17. The number of nitrogens with one attached hydrogen (secondary N) is 4. The third-order valence-electron chi connectivity index (χ3n) is 4.54. The molecule has 4 rings (SSSR count). The minimum Gasteiger partial charge on any atom is -0.327 e. The number of amides is 3. The molecule has 0 spiro atoms. The lowest BCUT2D eigenvalue weighted by Gasteiger charge is -2.29. The van der Waals surface area contributed by atoms with Crippen molar-refractivity contribution < 1.29 is 9.59 Å². The van der Waals surface area contributed by atoms with Gasteiger partial charge in [-0.2, -0.15) is 5.10 Å². The first-order valence-electron chi connectivity index (χ1n) is 8.55. The van der Waals surface area contributed by atoms with Crippen LogP contribution in [0.15, 0.2) is 59.9 Å². The van der Waals surface area contributed by atoms with Crippen molar-refractivity contribution in [2.75, 3.05) is 5.32 Å². The maximum Gasteiger partial charge on any atom is 0.319 e. The summed E-state index contributed by atoms with van der Waals surface area (Å²) in [6, 6.07) is 11.2. The molecule has 1 aromatic heterocycles. The van der Waals surface area contributed by atoms with Crippen LogP contribution in [0.4, 0.5) is 16.2 Å². The topological polar surface area (TPSA) is 103 Å². The van der Waals surface area contributed by atoms with Crippen molar-refractivity contribution in [1.82, 2.24) is 20.8 Å². The molecule has 0 bridgehead atoms. The van der Waals surface area contributed by atoms with Crippen LogP contribution in [0, 0.1) is 6.57 Å². The van der Waals surface area contributed by atoms with Crippen molar-refractivity contribution in [1.29, 1.82) is 0 Å². The van der Waals surface area contributed by atoms with Gasteiger partial charge in [0.25, 0.3) is 5.91 Å². The second kappa shape index (κ2) is 6.89. The Morgan fingerprint density at radius 2 is 2.11 bits per heavy atom. The number of hydrogen-bond donors (Lipinski definition) is 4. The molecule has 3 amide bonds. The quantitative estimate of drug-likeness (QED) is 0.530. The van der Waals surface area contributed by atoms with E-state index in [0.29, 0.717) is 28.2 Å². The van der Waals surface area contributed by atoms with Crippen LogP contribution >= 0.6 is 0 Å². The Kier molecular flexibility index (Phi) is 4.26. The molecule has 28 heavy (non-hydrogen) atoms. The zero-order chi connectivity index (χ0) is 19.7. The van der Waals surface area contributed by atoms with Gasteiger partial charge in [0.15, 0.2) is 5.69 Å². The van der Waals surface area contributed by atoms with E-state index in [4.69, 9.17) is 6.57 Å². The average molecular weight is 372 g/mol. The van der Waals surface area contributed by atoms with E-state index in [1.807, 2.05) is 12.1 Å². The van der Waals surface area contributed by atoms with Crippen molar-refractivity contribution in [2.24, 2.45) is 0 Å². The summed E-state index contributed by atoms with van der Waals surface area (Å²) in [5.41, 5.74) is 3.43. The fraction of sp³-hybridized carbons (Fsp3) is 0.100. The van der Waals surface area contributed by atoms with E-state index < -0.39 is 12.1 Å². The van der Waals surface area contributed by atoms with E-state index in [0.717, 1.165) is 10.9 Å². The van der Waals surface area contributed by atoms with Crippen LogP contribution in [0.5, 0.6) is 0 Å².